The molecule has 0 radical (unpaired) electrons. The predicted octanol–water partition coefficient (Wildman–Crippen LogP) is 6.09. The van der Waals surface area contributed by atoms with Crippen molar-refractivity contribution in [2.24, 2.45) is 0 Å². The van der Waals surface area contributed by atoms with Gasteiger partial charge >= 0.3 is 0 Å². The number of carbonyl (C=O) groups is 1. The Hall–Kier alpha value is -3.27. The lowest BCUT2D eigenvalue weighted by Gasteiger charge is -2.26. The molecule has 1 atom stereocenters. The number of rotatable bonds is 14. The number of para-hydroxylation sites is 1. The van der Waals surface area contributed by atoms with Crippen LogP contribution in [-0.2, 0) is 4.79 Å². The Bertz CT molecular complexity index is 1260. The standard InChI is InChI=1S/C30H36N2O6S.ClH/c1-32(16-18-37-22-12-14-26(35-3)27(20-22)36-4)15-7-8-17-38-25-13-11-21(34-2)19-23(25)29-30(33)31-24-9-5-6-10-28(24)39-29;/h5-6,9-14,19-20,29H,7-8,15-18H2,1-4H3,(H,31,33);1H. The summed E-state index contributed by atoms with van der Waals surface area (Å²) in [6.45, 7) is 2.85. The quantitative estimate of drug-likeness (QED) is 0.227. The zero-order chi connectivity index (χ0) is 27.6. The van der Waals surface area contributed by atoms with Crippen molar-refractivity contribution in [1.82, 2.24) is 4.90 Å². The first-order chi connectivity index (χ1) is 19.0. The van der Waals surface area contributed by atoms with E-state index in [0.29, 0.717) is 36.2 Å². The van der Waals surface area contributed by atoms with Crippen molar-refractivity contribution in [3.05, 3.63) is 66.2 Å². The minimum absolute atomic E-state index is 0. The number of likely N-dealkylation sites (N-methyl/N-ethyl adjacent to an activating group) is 1. The van der Waals surface area contributed by atoms with Gasteiger partial charge in [-0.2, -0.15) is 0 Å². The monoisotopic (exact) mass is 588 g/mol. The molecule has 10 heteroatoms. The van der Waals surface area contributed by atoms with Crippen molar-refractivity contribution in [3.8, 4) is 28.7 Å². The van der Waals surface area contributed by atoms with Crippen LogP contribution in [0.15, 0.2) is 65.6 Å². The number of fused-ring (bicyclic) bond motifs is 1. The molecule has 1 unspecified atom stereocenters. The Balaban J connectivity index is 0.00000441. The molecular weight excluding hydrogens is 552 g/mol. The Labute approximate surface area is 246 Å². The molecule has 0 aliphatic carbocycles. The van der Waals surface area contributed by atoms with Crippen LogP contribution in [0.3, 0.4) is 0 Å². The number of nitrogens with zero attached hydrogens (tertiary/aromatic N) is 1. The summed E-state index contributed by atoms with van der Waals surface area (Å²) in [5.41, 5.74) is 1.66. The Kier molecular flexibility index (Phi) is 12.1. The fourth-order valence-electron chi connectivity index (χ4n) is 4.25. The first-order valence-electron chi connectivity index (χ1n) is 12.9. The highest BCUT2D eigenvalue weighted by atomic mass is 35.5. The van der Waals surface area contributed by atoms with Crippen LogP contribution >= 0.6 is 24.2 Å². The maximum Gasteiger partial charge on any atom is 0.242 e. The van der Waals surface area contributed by atoms with Crippen molar-refractivity contribution in [2.45, 2.75) is 23.0 Å². The van der Waals surface area contributed by atoms with Crippen LogP contribution in [0.25, 0.3) is 0 Å². The summed E-state index contributed by atoms with van der Waals surface area (Å²) in [7, 11) is 6.93. The second kappa shape index (κ2) is 15.5. The van der Waals surface area contributed by atoms with E-state index >= 15 is 0 Å². The topological polar surface area (TPSA) is 78.5 Å². The van der Waals surface area contributed by atoms with Gasteiger partial charge < -0.3 is 33.9 Å². The van der Waals surface area contributed by atoms with E-state index in [0.717, 1.165) is 47.8 Å². The molecule has 8 nitrogen and oxygen atoms in total. The van der Waals surface area contributed by atoms with Gasteiger partial charge in [-0.1, -0.05) is 12.1 Å². The number of ether oxygens (including phenoxy) is 5. The molecule has 0 saturated heterocycles. The molecule has 1 N–H and O–H groups in total. The van der Waals surface area contributed by atoms with Gasteiger partial charge in [-0.25, -0.2) is 0 Å². The lowest BCUT2D eigenvalue weighted by molar-refractivity contribution is -0.115. The molecule has 0 fully saturated rings. The molecule has 0 bridgehead atoms. The molecule has 216 valence electrons. The van der Waals surface area contributed by atoms with Gasteiger partial charge in [0, 0.05) is 23.1 Å². The Morgan fingerprint density at radius 1 is 0.800 bits per heavy atom. The lowest BCUT2D eigenvalue weighted by atomic mass is 10.1. The summed E-state index contributed by atoms with van der Waals surface area (Å²) >= 11 is 1.53. The van der Waals surface area contributed by atoms with E-state index in [4.69, 9.17) is 23.7 Å². The van der Waals surface area contributed by atoms with Crippen LogP contribution in [0.2, 0.25) is 0 Å². The predicted molar refractivity (Wildman–Crippen MR) is 161 cm³/mol. The fourth-order valence-corrected chi connectivity index (χ4v) is 5.38. The smallest absolute Gasteiger partial charge is 0.242 e. The number of carbonyl (C=O) groups excluding carboxylic acids is 1. The second-order valence-electron chi connectivity index (χ2n) is 9.11. The van der Waals surface area contributed by atoms with E-state index in [1.165, 1.54) is 11.8 Å². The summed E-state index contributed by atoms with van der Waals surface area (Å²) in [4.78, 5) is 16.2. The van der Waals surface area contributed by atoms with E-state index in [-0.39, 0.29) is 18.3 Å². The molecule has 1 aliphatic rings. The number of halogens is 1. The number of benzene rings is 3. The van der Waals surface area contributed by atoms with Crippen LogP contribution < -0.4 is 29.0 Å². The minimum Gasteiger partial charge on any atom is -0.497 e. The van der Waals surface area contributed by atoms with Gasteiger partial charge in [0.05, 0.1) is 33.6 Å². The molecule has 4 rings (SSSR count). The average Bonchev–Trinajstić information content (AvgIpc) is 2.96. The van der Waals surface area contributed by atoms with Crippen molar-refractivity contribution in [1.29, 1.82) is 0 Å². The number of hydrogen-bond donors (Lipinski definition) is 1. The second-order valence-corrected chi connectivity index (χ2v) is 10.3. The van der Waals surface area contributed by atoms with Gasteiger partial charge in [-0.3, -0.25) is 4.79 Å². The third-order valence-corrected chi connectivity index (χ3v) is 7.73. The number of methoxy groups -OCH3 is 3. The summed E-state index contributed by atoms with van der Waals surface area (Å²) in [6.07, 6.45) is 1.86. The summed E-state index contributed by atoms with van der Waals surface area (Å²) in [5, 5.41) is 2.60. The van der Waals surface area contributed by atoms with Gasteiger partial charge in [0.2, 0.25) is 5.91 Å². The van der Waals surface area contributed by atoms with Gasteiger partial charge in [-0.15, -0.1) is 24.2 Å². The molecule has 0 spiro atoms. The third-order valence-electron chi connectivity index (χ3n) is 6.42. The molecule has 0 saturated carbocycles. The number of unbranched alkanes of at least 4 members (excludes halogenated alkanes) is 1. The largest absolute Gasteiger partial charge is 0.497 e. The first kappa shape index (κ1) is 31.3. The fraction of sp³-hybridized carbons (Fsp3) is 0.367. The van der Waals surface area contributed by atoms with Crippen molar-refractivity contribution >= 4 is 35.8 Å². The molecule has 3 aromatic rings. The van der Waals surface area contributed by atoms with Crippen LogP contribution in [0.1, 0.15) is 23.7 Å². The maximum absolute atomic E-state index is 12.9. The Morgan fingerprint density at radius 3 is 2.33 bits per heavy atom. The zero-order valence-corrected chi connectivity index (χ0v) is 24.9. The van der Waals surface area contributed by atoms with Crippen molar-refractivity contribution < 1.29 is 28.5 Å². The molecule has 1 aliphatic heterocycles. The number of nitrogens with one attached hydrogen (secondary N) is 1. The highest BCUT2D eigenvalue weighted by Crippen LogP contribution is 2.46. The van der Waals surface area contributed by atoms with E-state index in [9.17, 15) is 4.79 Å². The van der Waals surface area contributed by atoms with E-state index < -0.39 is 5.25 Å². The number of thioether (sulfide) groups is 1. The molecule has 0 aromatic heterocycles. The summed E-state index contributed by atoms with van der Waals surface area (Å²) in [6, 6.07) is 19.0. The van der Waals surface area contributed by atoms with E-state index in [1.807, 2.05) is 60.7 Å². The normalized spacial score (nSPS) is 14.0. The molecule has 3 aromatic carbocycles. The molecule has 1 heterocycles. The highest BCUT2D eigenvalue weighted by Gasteiger charge is 2.31. The summed E-state index contributed by atoms with van der Waals surface area (Å²) in [5.74, 6) is 3.42. The van der Waals surface area contributed by atoms with Gasteiger partial charge in [0.1, 0.15) is 29.1 Å². The zero-order valence-electron chi connectivity index (χ0n) is 23.3. The van der Waals surface area contributed by atoms with Crippen molar-refractivity contribution in [3.63, 3.8) is 0 Å². The van der Waals surface area contributed by atoms with Crippen LogP contribution in [0.4, 0.5) is 5.69 Å². The van der Waals surface area contributed by atoms with Crippen LogP contribution in [0.5, 0.6) is 28.7 Å². The highest BCUT2D eigenvalue weighted by molar-refractivity contribution is 8.00. The Morgan fingerprint density at radius 2 is 1.55 bits per heavy atom. The van der Waals surface area contributed by atoms with Gasteiger partial charge in [0.25, 0.3) is 0 Å². The number of anilines is 1. The molecule has 40 heavy (non-hydrogen) atoms. The van der Waals surface area contributed by atoms with Crippen LogP contribution in [0, 0.1) is 0 Å². The third kappa shape index (κ3) is 8.13. The first-order valence-corrected chi connectivity index (χ1v) is 13.8. The van der Waals surface area contributed by atoms with E-state index in [1.54, 1.807) is 21.3 Å². The van der Waals surface area contributed by atoms with E-state index in [2.05, 4.69) is 17.3 Å². The molecular formula is C30H37ClN2O6S. The number of hydrogen-bond acceptors (Lipinski definition) is 8. The SMILES string of the molecule is COc1ccc(OCCCCN(C)CCOc2ccc(OC)c(OC)c2)c(C2Sc3ccccc3NC2=O)c1.Cl. The minimum atomic E-state index is -0.415. The molecule has 1 amide bonds. The van der Waals surface area contributed by atoms with Gasteiger partial charge in [-0.05, 0) is 68.9 Å². The lowest BCUT2D eigenvalue weighted by Crippen LogP contribution is -2.25. The number of amides is 1. The maximum atomic E-state index is 12.9. The van der Waals surface area contributed by atoms with Gasteiger partial charge in [0.15, 0.2) is 11.5 Å². The summed E-state index contributed by atoms with van der Waals surface area (Å²) < 4.78 is 28.1. The van der Waals surface area contributed by atoms with Crippen LogP contribution in [-0.4, -0.2) is 65.5 Å². The van der Waals surface area contributed by atoms with Crippen molar-refractivity contribution in [2.75, 3.05) is 60.0 Å². The average molecular weight is 589 g/mol.